The molecule has 1 saturated heterocycles. The minimum Gasteiger partial charge on any atom is -0.481 e. The summed E-state index contributed by atoms with van der Waals surface area (Å²) in [6.45, 7) is 4.18. The van der Waals surface area contributed by atoms with E-state index in [2.05, 4.69) is 0 Å². The minimum absolute atomic E-state index is 0.0626. The molecule has 7 nitrogen and oxygen atoms in total. The lowest BCUT2D eigenvalue weighted by molar-refractivity contribution is -0.137. The van der Waals surface area contributed by atoms with E-state index in [0.29, 0.717) is 12.1 Å². The molecule has 1 atom stereocenters. The Morgan fingerprint density at radius 1 is 1.31 bits per heavy atom. The topological polar surface area (TPSA) is 95.0 Å². The van der Waals surface area contributed by atoms with Crippen LogP contribution in [0.15, 0.2) is 23.1 Å². The molecule has 8 heteroatoms. The summed E-state index contributed by atoms with van der Waals surface area (Å²) < 4.78 is 27.5. The molecule has 0 aromatic heterocycles. The summed E-state index contributed by atoms with van der Waals surface area (Å²) >= 11 is 0. The summed E-state index contributed by atoms with van der Waals surface area (Å²) in [4.78, 5) is 24.7. The zero-order valence-electron chi connectivity index (χ0n) is 15.4. The van der Waals surface area contributed by atoms with Crippen LogP contribution in [0.5, 0.6) is 0 Å². The first kappa shape index (κ1) is 20.4. The van der Waals surface area contributed by atoms with Crippen molar-refractivity contribution in [1.82, 2.24) is 9.21 Å². The number of aryl methyl sites for hydroxylation is 1. The average molecular weight is 382 g/mol. The van der Waals surface area contributed by atoms with E-state index in [9.17, 15) is 18.0 Å². The number of aliphatic carboxylic acids is 1. The van der Waals surface area contributed by atoms with Gasteiger partial charge in [-0.05, 0) is 44.4 Å². The molecule has 1 aromatic carbocycles. The lowest BCUT2D eigenvalue weighted by atomic mass is 10.1. The molecule has 0 aliphatic carbocycles. The van der Waals surface area contributed by atoms with Gasteiger partial charge in [0.05, 0.1) is 11.3 Å². The van der Waals surface area contributed by atoms with Crippen molar-refractivity contribution in [3.8, 4) is 0 Å². The normalized spacial score (nSPS) is 18.5. The second-order valence-corrected chi connectivity index (χ2v) is 8.70. The maximum atomic E-state index is 13.0. The molecule has 1 unspecified atom stereocenters. The minimum atomic E-state index is -3.67. The third kappa shape index (κ3) is 4.42. The zero-order chi connectivity index (χ0) is 19.5. The maximum Gasteiger partial charge on any atom is 0.305 e. The van der Waals surface area contributed by atoms with Crippen molar-refractivity contribution in [2.75, 3.05) is 20.1 Å². The highest BCUT2D eigenvalue weighted by Gasteiger charge is 2.31. The highest BCUT2D eigenvalue weighted by atomic mass is 32.2. The van der Waals surface area contributed by atoms with Crippen molar-refractivity contribution in [2.24, 2.45) is 0 Å². The summed E-state index contributed by atoms with van der Waals surface area (Å²) in [6.07, 6.45) is 2.51. The Labute approximate surface area is 154 Å². The molecular formula is C18H26N2O5S. The van der Waals surface area contributed by atoms with E-state index in [4.69, 9.17) is 5.11 Å². The Balaban J connectivity index is 2.31. The lowest BCUT2D eigenvalue weighted by Gasteiger charge is -2.32. The molecule has 0 bridgehead atoms. The van der Waals surface area contributed by atoms with Crippen molar-refractivity contribution >= 4 is 21.9 Å². The zero-order valence-corrected chi connectivity index (χ0v) is 16.3. The molecule has 1 aliphatic heterocycles. The fourth-order valence-electron chi connectivity index (χ4n) is 3.13. The lowest BCUT2D eigenvalue weighted by Crippen LogP contribution is -2.42. The van der Waals surface area contributed by atoms with E-state index in [1.165, 1.54) is 28.4 Å². The van der Waals surface area contributed by atoms with Crippen LogP contribution in [-0.4, -0.2) is 60.8 Å². The fourth-order valence-corrected chi connectivity index (χ4v) is 4.85. The quantitative estimate of drug-likeness (QED) is 0.813. The van der Waals surface area contributed by atoms with Crippen LogP contribution < -0.4 is 0 Å². The molecule has 0 radical (unpaired) electrons. The number of benzene rings is 1. The van der Waals surface area contributed by atoms with Gasteiger partial charge in [-0.2, -0.15) is 4.31 Å². The van der Waals surface area contributed by atoms with Crippen molar-refractivity contribution in [1.29, 1.82) is 0 Å². The van der Waals surface area contributed by atoms with Crippen LogP contribution in [0.2, 0.25) is 0 Å². The molecule has 1 heterocycles. The van der Waals surface area contributed by atoms with Crippen molar-refractivity contribution in [2.45, 2.75) is 50.5 Å². The van der Waals surface area contributed by atoms with Gasteiger partial charge < -0.3 is 10.0 Å². The summed E-state index contributed by atoms with van der Waals surface area (Å²) in [5.74, 6) is -1.37. The van der Waals surface area contributed by atoms with Gasteiger partial charge >= 0.3 is 5.97 Å². The highest BCUT2D eigenvalue weighted by molar-refractivity contribution is 7.89. The molecule has 0 spiro atoms. The van der Waals surface area contributed by atoms with Crippen LogP contribution in [0.3, 0.4) is 0 Å². The van der Waals surface area contributed by atoms with Gasteiger partial charge in [0.1, 0.15) is 0 Å². The van der Waals surface area contributed by atoms with Crippen molar-refractivity contribution < 1.29 is 23.1 Å². The molecule has 1 aliphatic rings. The SMILES string of the molecule is Cc1ccc(S(=O)(=O)N2CCCCC2C)cc1C(=O)N(C)CCC(=O)O. The number of rotatable bonds is 6. The Morgan fingerprint density at radius 3 is 2.62 bits per heavy atom. The number of amides is 1. The summed E-state index contributed by atoms with van der Waals surface area (Å²) in [5.41, 5.74) is 0.937. The van der Waals surface area contributed by atoms with Crippen LogP contribution in [0.1, 0.15) is 48.5 Å². The van der Waals surface area contributed by atoms with Crippen LogP contribution in [0.4, 0.5) is 0 Å². The predicted octanol–water partition coefficient (Wildman–Crippen LogP) is 2.10. The number of carboxylic acids is 1. The van der Waals surface area contributed by atoms with Crippen LogP contribution in [0, 0.1) is 6.92 Å². The maximum absolute atomic E-state index is 13.0. The van der Waals surface area contributed by atoms with E-state index in [-0.39, 0.29) is 35.4 Å². The number of carbonyl (C=O) groups excluding carboxylic acids is 1. The first-order valence-corrected chi connectivity index (χ1v) is 10.2. The van der Waals surface area contributed by atoms with E-state index in [1.807, 2.05) is 6.92 Å². The molecule has 1 N–H and O–H groups in total. The van der Waals surface area contributed by atoms with Crippen LogP contribution in [0.25, 0.3) is 0 Å². The molecule has 1 amide bonds. The molecule has 1 aromatic rings. The number of carbonyl (C=O) groups is 2. The fraction of sp³-hybridized carbons (Fsp3) is 0.556. The molecular weight excluding hydrogens is 356 g/mol. The van der Waals surface area contributed by atoms with Gasteiger partial charge in [0.25, 0.3) is 5.91 Å². The number of hydrogen-bond donors (Lipinski definition) is 1. The Morgan fingerprint density at radius 2 is 2.00 bits per heavy atom. The van der Waals surface area contributed by atoms with Crippen molar-refractivity contribution in [3.05, 3.63) is 29.3 Å². The van der Waals surface area contributed by atoms with Gasteiger partial charge in [-0.25, -0.2) is 8.42 Å². The van der Waals surface area contributed by atoms with E-state index < -0.39 is 16.0 Å². The van der Waals surface area contributed by atoms with Crippen LogP contribution >= 0.6 is 0 Å². The van der Waals surface area contributed by atoms with Crippen LogP contribution in [-0.2, 0) is 14.8 Å². The summed E-state index contributed by atoms with van der Waals surface area (Å²) in [7, 11) is -2.15. The standard InChI is InChI=1S/C18H26N2O5S/c1-13-7-8-15(26(24,25)20-10-5-4-6-14(20)2)12-16(13)18(23)19(3)11-9-17(21)22/h7-8,12,14H,4-6,9-11H2,1-3H3,(H,21,22). The third-order valence-corrected chi connectivity index (χ3v) is 6.81. The first-order valence-electron chi connectivity index (χ1n) is 8.74. The van der Waals surface area contributed by atoms with Gasteiger partial charge in [0, 0.05) is 31.7 Å². The monoisotopic (exact) mass is 382 g/mol. The van der Waals surface area contributed by atoms with E-state index >= 15 is 0 Å². The number of carboxylic acid groups (broad SMARTS) is 1. The molecule has 0 saturated carbocycles. The molecule has 144 valence electrons. The molecule has 2 rings (SSSR count). The van der Waals surface area contributed by atoms with Gasteiger partial charge in [-0.15, -0.1) is 0 Å². The van der Waals surface area contributed by atoms with Gasteiger partial charge in [-0.1, -0.05) is 12.5 Å². The molecule has 1 fully saturated rings. The second-order valence-electron chi connectivity index (χ2n) is 6.81. The third-order valence-electron chi connectivity index (χ3n) is 4.80. The summed E-state index contributed by atoms with van der Waals surface area (Å²) in [6, 6.07) is 4.50. The number of hydrogen-bond acceptors (Lipinski definition) is 4. The first-order chi connectivity index (χ1) is 12.1. The Kier molecular flexibility index (Phi) is 6.41. The number of sulfonamides is 1. The second kappa shape index (κ2) is 8.18. The number of piperidine rings is 1. The van der Waals surface area contributed by atoms with Gasteiger partial charge in [0.2, 0.25) is 10.0 Å². The van der Waals surface area contributed by atoms with Gasteiger partial charge in [-0.3, -0.25) is 9.59 Å². The smallest absolute Gasteiger partial charge is 0.305 e. The largest absolute Gasteiger partial charge is 0.481 e. The predicted molar refractivity (Wildman–Crippen MR) is 97.6 cm³/mol. The average Bonchev–Trinajstić information content (AvgIpc) is 2.59. The van der Waals surface area contributed by atoms with E-state index in [0.717, 1.165) is 19.3 Å². The van der Waals surface area contributed by atoms with Crippen molar-refractivity contribution in [3.63, 3.8) is 0 Å². The Bertz CT molecular complexity index is 791. The van der Waals surface area contributed by atoms with Gasteiger partial charge in [0.15, 0.2) is 0 Å². The highest BCUT2D eigenvalue weighted by Crippen LogP contribution is 2.26. The summed E-state index contributed by atoms with van der Waals surface area (Å²) in [5, 5.41) is 8.77. The molecule has 26 heavy (non-hydrogen) atoms. The Hall–Kier alpha value is -1.93. The number of nitrogens with zero attached hydrogens (tertiary/aromatic N) is 2. The van der Waals surface area contributed by atoms with E-state index in [1.54, 1.807) is 13.0 Å².